The SMILES string of the molecule is Nc1cccc(N=NNc2cccc(N)c2)c1. The number of anilines is 3. The Bertz CT molecular complexity index is 536. The van der Waals surface area contributed by atoms with E-state index in [9.17, 15) is 0 Å². The summed E-state index contributed by atoms with van der Waals surface area (Å²) in [6.07, 6.45) is 0. The topological polar surface area (TPSA) is 88.8 Å². The third-order valence-corrected chi connectivity index (χ3v) is 2.10. The van der Waals surface area contributed by atoms with Crippen molar-refractivity contribution in [2.24, 2.45) is 10.3 Å². The Morgan fingerprint density at radius 1 is 0.882 bits per heavy atom. The van der Waals surface area contributed by atoms with Crippen LogP contribution in [0.25, 0.3) is 0 Å². The van der Waals surface area contributed by atoms with Gasteiger partial charge in [-0.25, -0.2) is 0 Å². The first-order valence-corrected chi connectivity index (χ1v) is 5.12. The fourth-order valence-corrected chi connectivity index (χ4v) is 1.34. The fourth-order valence-electron chi connectivity index (χ4n) is 1.34. The quantitative estimate of drug-likeness (QED) is 0.428. The van der Waals surface area contributed by atoms with Gasteiger partial charge in [0.1, 0.15) is 0 Å². The fraction of sp³-hybridized carbons (Fsp3) is 0. The maximum Gasteiger partial charge on any atom is 0.0894 e. The van der Waals surface area contributed by atoms with Gasteiger partial charge >= 0.3 is 0 Å². The minimum Gasteiger partial charge on any atom is -0.399 e. The number of nitrogens with one attached hydrogen (secondary N) is 1. The third kappa shape index (κ3) is 3.20. The molecule has 0 heterocycles. The molecule has 5 N–H and O–H groups in total. The first kappa shape index (κ1) is 10.9. The van der Waals surface area contributed by atoms with Gasteiger partial charge in [-0.05, 0) is 36.4 Å². The van der Waals surface area contributed by atoms with Crippen LogP contribution in [-0.2, 0) is 0 Å². The van der Waals surface area contributed by atoms with Crippen molar-refractivity contribution in [2.45, 2.75) is 0 Å². The summed E-state index contributed by atoms with van der Waals surface area (Å²) in [5.74, 6) is 0. The van der Waals surface area contributed by atoms with E-state index in [-0.39, 0.29) is 0 Å². The summed E-state index contributed by atoms with van der Waals surface area (Å²) >= 11 is 0. The van der Waals surface area contributed by atoms with Gasteiger partial charge in [0.25, 0.3) is 0 Å². The van der Waals surface area contributed by atoms with Crippen molar-refractivity contribution in [1.82, 2.24) is 0 Å². The van der Waals surface area contributed by atoms with Crippen molar-refractivity contribution in [3.63, 3.8) is 0 Å². The molecule has 0 saturated heterocycles. The molecule has 0 saturated carbocycles. The summed E-state index contributed by atoms with van der Waals surface area (Å²) in [6, 6.07) is 14.5. The summed E-state index contributed by atoms with van der Waals surface area (Å²) < 4.78 is 0. The molecule has 0 atom stereocenters. The minimum absolute atomic E-state index is 0.658. The van der Waals surface area contributed by atoms with E-state index in [0.29, 0.717) is 17.1 Å². The van der Waals surface area contributed by atoms with E-state index >= 15 is 0 Å². The first-order chi connectivity index (χ1) is 8.24. The monoisotopic (exact) mass is 227 g/mol. The Morgan fingerprint density at radius 3 is 2.29 bits per heavy atom. The highest BCUT2D eigenvalue weighted by Gasteiger charge is 1.91. The van der Waals surface area contributed by atoms with Crippen molar-refractivity contribution in [2.75, 3.05) is 16.9 Å². The summed E-state index contributed by atoms with van der Waals surface area (Å²) in [5, 5.41) is 7.84. The lowest BCUT2D eigenvalue weighted by Gasteiger charge is -1.99. The Hall–Kier alpha value is -2.56. The predicted molar refractivity (Wildman–Crippen MR) is 69.8 cm³/mol. The van der Waals surface area contributed by atoms with Crippen molar-refractivity contribution in [3.05, 3.63) is 48.5 Å². The molecule has 0 aromatic heterocycles. The highest BCUT2D eigenvalue weighted by atomic mass is 15.4. The van der Waals surface area contributed by atoms with Gasteiger partial charge in [0.2, 0.25) is 0 Å². The number of nitrogens with zero attached hydrogens (tertiary/aromatic N) is 2. The molecule has 0 unspecified atom stereocenters. The standard InChI is InChI=1S/C12H13N5/c13-9-3-1-5-11(7-9)15-17-16-12-6-2-4-10(14)8-12/h1-8H,13-14H2,(H,15,16). The van der Waals surface area contributed by atoms with Gasteiger partial charge in [-0.2, -0.15) is 0 Å². The Morgan fingerprint density at radius 2 is 1.59 bits per heavy atom. The van der Waals surface area contributed by atoms with Crippen LogP contribution in [0.1, 0.15) is 0 Å². The molecule has 17 heavy (non-hydrogen) atoms. The summed E-state index contributed by atoms with van der Waals surface area (Å²) in [6.45, 7) is 0. The van der Waals surface area contributed by atoms with Crippen molar-refractivity contribution in [1.29, 1.82) is 0 Å². The summed E-state index contributed by atoms with van der Waals surface area (Å²) in [5.41, 5.74) is 16.9. The summed E-state index contributed by atoms with van der Waals surface area (Å²) in [7, 11) is 0. The molecule has 0 spiro atoms. The second kappa shape index (κ2) is 4.98. The number of benzene rings is 2. The lowest BCUT2D eigenvalue weighted by atomic mass is 10.3. The number of rotatable bonds is 3. The number of hydrogen-bond donors (Lipinski definition) is 3. The second-order valence-corrected chi connectivity index (χ2v) is 3.53. The molecule has 0 amide bonds. The molecule has 2 rings (SSSR count). The van der Waals surface area contributed by atoms with Crippen LogP contribution < -0.4 is 16.9 Å². The minimum atomic E-state index is 0.658. The molecular weight excluding hydrogens is 214 g/mol. The number of nitrogens with two attached hydrogens (primary N) is 2. The Balaban J connectivity index is 2.03. The van der Waals surface area contributed by atoms with E-state index in [2.05, 4.69) is 15.8 Å². The normalized spacial score (nSPS) is 10.6. The third-order valence-electron chi connectivity index (χ3n) is 2.10. The first-order valence-electron chi connectivity index (χ1n) is 5.12. The molecule has 0 fully saturated rings. The van der Waals surface area contributed by atoms with Crippen molar-refractivity contribution in [3.8, 4) is 0 Å². The molecule has 86 valence electrons. The zero-order valence-electron chi connectivity index (χ0n) is 9.17. The van der Waals surface area contributed by atoms with Gasteiger partial charge in [0.05, 0.1) is 11.4 Å². The Kier molecular flexibility index (Phi) is 3.20. The molecule has 5 nitrogen and oxygen atoms in total. The van der Waals surface area contributed by atoms with Crippen LogP contribution >= 0.6 is 0 Å². The molecular formula is C12H13N5. The van der Waals surface area contributed by atoms with Gasteiger partial charge in [-0.3, -0.25) is 5.43 Å². The van der Waals surface area contributed by atoms with Gasteiger partial charge in [-0.15, -0.1) is 5.11 Å². The maximum atomic E-state index is 5.63. The average molecular weight is 227 g/mol. The average Bonchev–Trinajstić information content (AvgIpc) is 2.29. The summed E-state index contributed by atoms with van der Waals surface area (Å²) in [4.78, 5) is 0. The van der Waals surface area contributed by atoms with E-state index in [1.165, 1.54) is 0 Å². The van der Waals surface area contributed by atoms with E-state index in [4.69, 9.17) is 11.5 Å². The molecule has 0 radical (unpaired) electrons. The maximum absolute atomic E-state index is 5.63. The van der Waals surface area contributed by atoms with E-state index < -0.39 is 0 Å². The number of nitrogen functional groups attached to an aromatic ring is 2. The number of hydrogen-bond acceptors (Lipinski definition) is 4. The molecule has 0 aliphatic heterocycles. The molecule has 2 aromatic rings. The van der Waals surface area contributed by atoms with Gasteiger partial charge in [-0.1, -0.05) is 17.4 Å². The van der Waals surface area contributed by atoms with E-state index in [1.54, 1.807) is 24.3 Å². The molecule has 0 bridgehead atoms. The van der Waals surface area contributed by atoms with E-state index in [1.807, 2.05) is 24.3 Å². The van der Waals surface area contributed by atoms with E-state index in [0.717, 1.165) is 5.69 Å². The molecule has 0 aliphatic rings. The van der Waals surface area contributed by atoms with Crippen LogP contribution in [0.2, 0.25) is 0 Å². The van der Waals surface area contributed by atoms with Crippen LogP contribution in [0.4, 0.5) is 22.7 Å². The smallest absolute Gasteiger partial charge is 0.0894 e. The zero-order valence-corrected chi connectivity index (χ0v) is 9.17. The van der Waals surface area contributed by atoms with Crippen LogP contribution in [0.15, 0.2) is 58.9 Å². The van der Waals surface area contributed by atoms with Crippen molar-refractivity contribution >= 4 is 22.7 Å². The van der Waals surface area contributed by atoms with Crippen LogP contribution in [0.5, 0.6) is 0 Å². The lowest BCUT2D eigenvalue weighted by Crippen LogP contribution is -1.89. The van der Waals surface area contributed by atoms with Crippen molar-refractivity contribution < 1.29 is 0 Å². The second-order valence-electron chi connectivity index (χ2n) is 3.53. The molecule has 5 heteroatoms. The largest absolute Gasteiger partial charge is 0.399 e. The highest BCUT2D eigenvalue weighted by Crippen LogP contribution is 2.16. The van der Waals surface area contributed by atoms with Crippen LogP contribution in [-0.4, -0.2) is 0 Å². The predicted octanol–water partition coefficient (Wildman–Crippen LogP) is 2.96. The van der Waals surface area contributed by atoms with Gasteiger partial charge in [0, 0.05) is 11.4 Å². The molecule has 0 aliphatic carbocycles. The van der Waals surface area contributed by atoms with Gasteiger partial charge < -0.3 is 11.5 Å². The Labute approximate surface area is 99.1 Å². The van der Waals surface area contributed by atoms with Gasteiger partial charge in [0.15, 0.2) is 0 Å². The van der Waals surface area contributed by atoms with Crippen LogP contribution in [0.3, 0.4) is 0 Å². The lowest BCUT2D eigenvalue weighted by molar-refractivity contribution is 1.13. The highest BCUT2D eigenvalue weighted by molar-refractivity contribution is 5.54. The van der Waals surface area contributed by atoms with Crippen LogP contribution in [0, 0.1) is 0 Å². The molecule has 2 aromatic carbocycles. The zero-order chi connectivity index (χ0) is 12.1.